The summed E-state index contributed by atoms with van der Waals surface area (Å²) in [5, 5.41) is 16.3. The number of thiophene rings is 1. The van der Waals surface area contributed by atoms with Crippen molar-refractivity contribution in [2.24, 2.45) is 5.92 Å². The molecule has 0 bridgehead atoms. The number of hydrogen-bond acceptors (Lipinski definition) is 3. The van der Waals surface area contributed by atoms with Crippen molar-refractivity contribution in [3.63, 3.8) is 0 Å². The van der Waals surface area contributed by atoms with Crippen LogP contribution in [-0.2, 0) is 6.42 Å². The molecular formula is C15H21NOS. The molecule has 0 radical (unpaired) electrons. The second-order valence-electron chi connectivity index (χ2n) is 4.99. The zero-order chi connectivity index (χ0) is 13.0. The maximum Gasteiger partial charge on any atom is 0.0587 e. The van der Waals surface area contributed by atoms with Gasteiger partial charge in [-0.2, -0.15) is 0 Å². The summed E-state index contributed by atoms with van der Waals surface area (Å²) in [4.78, 5) is 0. The second kappa shape index (κ2) is 6.32. The highest BCUT2D eigenvalue weighted by Crippen LogP contribution is 2.25. The number of nitrogens with one attached hydrogen (secondary N) is 1. The molecule has 18 heavy (non-hydrogen) atoms. The Morgan fingerprint density at radius 3 is 2.78 bits per heavy atom. The number of fused-ring (bicyclic) bond motifs is 1. The summed E-state index contributed by atoms with van der Waals surface area (Å²) in [6.07, 6.45) is 1.02. The summed E-state index contributed by atoms with van der Waals surface area (Å²) in [6, 6.07) is 8.74. The predicted octanol–water partition coefficient (Wildman–Crippen LogP) is 3.05. The monoisotopic (exact) mass is 263 g/mol. The Bertz CT molecular complexity index is 492. The Morgan fingerprint density at radius 1 is 1.28 bits per heavy atom. The van der Waals surface area contributed by atoms with Gasteiger partial charge in [0.25, 0.3) is 0 Å². The highest BCUT2D eigenvalue weighted by atomic mass is 32.1. The number of aliphatic hydroxyl groups excluding tert-OH is 1. The van der Waals surface area contributed by atoms with E-state index < -0.39 is 0 Å². The third-order valence-corrected chi connectivity index (χ3v) is 4.38. The van der Waals surface area contributed by atoms with Gasteiger partial charge in [0.15, 0.2) is 0 Å². The van der Waals surface area contributed by atoms with E-state index in [9.17, 15) is 5.11 Å². The molecule has 2 aromatic rings. The fraction of sp³-hybridized carbons (Fsp3) is 0.467. The third-order valence-electron chi connectivity index (χ3n) is 3.36. The molecular weight excluding hydrogens is 242 g/mol. The molecule has 0 aliphatic rings. The van der Waals surface area contributed by atoms with Gasteiger partial charge in [0, 0.05) is 10.7 Å². The van der Waals surface area contributed by atoms with Gasteiger partial charge >= 0.3 is 0 Å². The average molecular weight is 263 g/mol. The van der Waals surface area contributed by atoms with Crippen molar-refractivity contribution in [2.75, 3.05) is 13.2 Å². The van der Waals surface area contributed by atoms with Crippen molar-refractivity contribution < 1.29 is 5.11 Å². The van der Waals surface area contributed by atoms with Crippen LogP contribution in [0.15, 0.2) is 29.6 Å². The molecule has 0 amide bonds. The standard InChI is InChI=1S/C15H21NOS/c1-11(2)14(9-17)16-8-7-12-10-18-15-6-4-3-5-13(12)15/h3-6,10-11,14,16-17H,7-9H2,1-2H3. The van der Waals surface area contributed by atoms with Crippen LogP contribution in [-0.4, -0.2) is 24.3 Å². The molecule has 1 atom stereocenters. The largest absolute Gasteiger partial charge is 0.395 e. The number of rotatable bonds is 6. The number of hydrogen-bond donors (Lipinski definition) is 2. The Labute approximate surface area is 113 Å². The SMILES string of the molecule is CC(C)C(CO)NCCc1csc2ccccc12. The van der Waals surface area contributed by atoms with Crippen LogP contribution in [0.3, 0.4) is 0 Å². The molecule has 2 rings (SSSR count). The van der Waals surface area contributed by atoms with Crippen LogP contribution < -0.4 is 5.32 Å². The molecule has 0 spiro atoms. The molecule has 1 aromatic carbocycles. The Kier molecular flexibility index (Phi) is 4.75. The Balaban J connectivity index is 1.94. The number of aliphatic hydroxyl groups is 1. The van der Waals surface area contributed by atoms with Crippen molar-refractivity contribution in [1.82, 2.24) is 5.32 Å². The fourth-order valence-corrected chi connectivity index (χ4v) is 3.13. The Hall–Kier alpha value is -0.900. The zero-order valence-corrected chi connectivity index (χ0v) is 11.8. The first-order chi connectivity index (χ1) is 8.72. The van der Waals surface area contributed by atoms with Crippen molar-refractivity contribution >= 4 is 21.4 Å². The van der Waals surface area contributed by atoms with Gasteiger partial charge in [0.2, 0.25) is 0 Å². The van der Waals surface area contributed by atoms with E-state index in [0.29, 0.717) is 5.92 Å². The minimum Gasteiger partial charge on any atom is -0.395 e. The van der Waals surface area contributed by atoms with Crippen molar-refractivity contribution in [1.29, 1.82) is 0 Å². The molecule has 0 fully saturated rings. The number of benzene rings is 1. The van der Waals surface area contributed by atoms with E-state index in [1.54, 1.807) is 0 Å². The van der Waals surface area contributed by atoms with E-state index >= 15 is 0 Å². The maximum absolute atomic E-state index is 9.26. The summed E-state index contributed by atoms with van der Waals surface area (Å²) in [7, 11) is 0. The highest BCUT2D eigenvalue weighted by molar-refractivity contribution is 7.17. The lowest BCUT2D eigenvalue weighted by Gasteiger charge is -2.19. The molecule has 0 aliphatic heterocycles. The molecule has 0 saturated carbocycles. The van der Waals surface area contributed by atoms with Crippen LogP contribution in [0, 0.1) is 5.92 Å². The predicted molar refractivity (Wildman–Crippen MR) is 79.2 cm³/mol. The summed E-state index contributed by atoms with van der Waals surface area (Å²) >= 11 is 1.81. The van der Waals surface area contributed by atoms with Gasteiger partial charge in [-0.3, -0.25) is 0 Å². The van der Waals surface area contributed by atoms with Gasteiger partial charge < -0.3 is 10.4 Å². The lowest BCUT2D eigenvalue weighted by atomic mass is 10.0. The second-order valence-corrected chi connectivity index (χ2v) is 5.91. The zero-order valence-electron chi connectivity index (χ0n) is 11.0. The van der Waals surface area contributed by atoms with E-state index in [1.807, 2.05) is 11.3 Å². The van der Waals surface area contributed by atoms with Crippen LogP contribution in [0.4, 0.5) is 0 Å². The first kappa shape index (κ1) is 13.5. The van der Waals surface area contributed by atoms with Gasteiger partial charge in [-0.05, 0) is 41.3 Å². The van der Waals surface area contributed by atoms with E-state index in [1.165, 1.54) is 15.6 Å². The van der Waals surface area contributed by atoms with Crippen molar-refractivity contribution in [2.45, 2.75) is 26.3 Å². The average Bonchev–Trinajstić information content (AvgIpc) is 2.78. The smallest absolute Gasteiger partial charge is 0.0587 e. The summed E-state index contributed by atoms with van der Waals surface area (Å²) in [6.45, 7) is 5.40. The maximum atomic E-state index is 9.26. The molecule has 1 heterocycles. The van der Waals surface area contributed by atoms with Crippen molar-refractivity contribution in [3.8, 4) is 0 Å². The molecule has 0 saturated heterocycles. The molecule has 1 unspecified atom stereocenters. The quantitative estimate of drug-likeness (QED) is 0.839. The van der Waals surface area contributed by atoms with Crippen molar-refractivity contribution in [3.05, 3.63) is 35.2 Å². The van der Waals surface area contributed by atoms with Crippen LogP contribution in [0.1, 0.15) is 19.4 Å². The summed E-state index contributed by atoms with van der Waals surface area (Å²) in [5.41, 5.74) is 1.41. The van der Waals surface area contributed by atoms with Gasteiger partial charge in [-0.15, -0.1) is 11.3 Å². The van der Waals surface area contributed by atoms with E-state index in [0.717, 1.165) is 13.0 Å². The van der Waals surface area contributed by atoms with Crippen LogP contribution >= 0.6 is 11.3 Å². The minimum absolute atomic E-state index is 0.204. The summed E-state index contributed by atoms with van der Waals surface area (Å²) in [5.74, 6) is 0.467. The lowest BCUT2D eigenvalue weighted by Crippen LogP contribution is -2.38. The van der Waals surface area contributed by atoms with Gasteiger partial charge in [-0.1, -0.05) is 32.0 Å². The fourth-order valence-electron chi connectivity index (χ4n) is 2.13. The van der Waals surface area contributed by atoms with Gasteiger partial charge in [0.05, 0.1) is 6.61 Å². The van der Waals surface area contributed by atoms with E-state index in [4.69, 9.17) is 0 Å². The first-order valence-electron chi connectivity index (χ1n) is 6.51. The van der Waals surface area contributed by atoms with E-state index in [-0.39, 0.29) is 12.6 Å². The Morgan fingerprint density at radius 2 is 2.06 bits per heavy atom. The molecule has 1 aromatic heterocycles. The topological polar surface area (TPSA) is 32.3 Å². The van der Waals surface area contributed by atoms with Crippen LogP contribution in [0.5, 0.6) is 0 Å². The third kappa shape index (κ3) is 3.10. The lowest BCUT2D eigenvalue weighted by molar-refractivity contribution is 0.212. The highest BCUT2D eigenvalue weighted by Gasteiger charge is 2.11. The minimum atomic E-state index is 0.204. The van der Waals surface area contributed by atoms with Crippen LogP contribution in [0.2, 0.25) is 0 Å². The summed E-state index contributed by atoms with van der Waals surface area (Å²) < 4.78 is 1.36. The molecule has 2 N–H and O–H groups in total. The normalized spacial score (nSPS) is 13.3. The molecule has 0 aliphatic carbocycles. The van der Waals surface area contributed by atoms with Gasteiger partial charge in [-0.25, -0.2) is 0 Å². The first-order valence-corrected chi connectivity index (χ1v) is 7.39. The van der Waals surface area contributed by atoms with Gasteiger partial charge in [0.1, 0.15) is 0 Å². The molecule has 2 nitrogen and oxygen atoms in total. The molecule has 3 heteroatoms. The van der Waals surface area contributed by atoms with Crippen LogP contribution in [0.25, 0.3) is 10.1 Å². The van der Waals surface area contributed by atoms with E-state index in [2.05, 4.69) is 48.8 Å². The molecule has 98 valence electrons.